The van der Waals surface area contributed by atoms with Crippen molar-refractivity contribution in [1.82, 2.24) is 0 Å². The number of rotatable bonds is 9. The molecule has 0 amide bonds. The van der Waals surface area contributed by atoms with Crippen LogP contribution in [-0.2, 0) is 9.84 Å². The minimum absolute atomic E-state index is 0.141. The van der Waals surface area contributed by atoms with Crippen LogP contribution in [0, 0.1) is 18.8 Å². The van der Waals surface area contributed by atoms with E-state index in [0.29, 0.717) is 24.7 Å². The third kappa shape index (κ3) is 7.71. The van der Waals surface area contributed by atoms with Crippen molar-refractivity contribution in [1.29, 1.82) is 0 Å². The Morgan fingerprint density at radius 3 is 2.49 bits per heavy atom. The van der Waals surface area contributed by atoms with Crippen LogP contribution in [0.25, 0.3) is 17.7 Å². The highest BCUT2D eigenvalue weighted by Crippen LogP contribution is 2.37. The van der Waals surface area contributed by atoms with Gasteiger partial charge in [0.2, 0.25) is 0 Å². The molecule has 0 aromatic heterocycles. The molecule has 3 nitrogen and oxygen atoms in total. The van der Waals surface area contributed by atoms with E-state index in [4.69, 9.17) is 0 Å². The number of aryl methyl sites for hydroxylation is 1. The van der Waals surface area contributed by atoms with Gasteiger partial charge in [0.25, 0.3) is 0 Å². The van der Waals surface area contributed by atoms with Crippen LogP contribution >= 0.6 is 0 Å². The molecular weight excluding hydrogens is 522 g/mol. The zero-order valence-electron chi connectivity index (χ0n) is 25.9. The quantitative estimate of drug-likeness (QED) is 0.326. The number of allylic oxidation sites excluding steroid dienone is 5. The van der Waals surface area contributed by atoms with Crippen molar-refractivity contribution in [2.24, 2.45) is 11.8 Å². The van der Waals surface area contributed by atoms with Crippen LogP contribution in [0.4, 0.5) is 5.69 Å². The zero-order chi connectivity index (χ0) is 29.6. The molecule has 2 aromatic rings. The molecule has 2 aromatic carbocycles. The molecule has 4 heteroatoms. The molecule has 220 valence electrons. The van der Waals surface area contributed by atoms with Crippen LogP contribution in [0.15, 0.2) is 71.8 Å². The summed E-state index contributed by atoms with van der Waals surface area (Å²) in [6.07, 6.45) is 19.3. The van der Waals surface area contributed by atoms with E-state index in [1.807, 2.05) is 6.92 Å². The first-order valence-corrected chi connectivity index (χ1v) is 17.5. The normalized spacial score (nSPS) is 22.2. The van der Waals surface area contributed by atoms with E-state index in [0.717, 1.165) is 37.8 Å². The fourth-order valence-corrected chi connectivity index (χ4v) is 7.43. The lowest BCUT2D eigenvalue weighted by Crippen LogP contribution is -2.33. The molecule has 2 aliphatic rings. The maximum absolute atomic E-state index is 12.6. The molecular formula is C37H49NO2S. The lowest BCUT2D eigenvalue weighted by atomic mass is 9.83. The first-order valence-electron chi connectivity index (χ1n) is 15.5. The Kier molecular flexibility index (Phi) is 10.5. The molecule has 4 unspecified atom stereocenters. The Morgan fingerprint density at radius 1 is 1.02 bits per heavy atom. The van der Waals surface area contributed by atoms with Gasteiger partial charge in [0.15, 0.2) is 9.84 Å². The first-order chi connectivity index (χ1) is 19.6. The maximum atomic E-state index is 12.6. The van der Waals surface area contributed by atoms with Crippen molar-refractivity contribution in [2.45, 2.75) is 90.9 Å². The zero-order valence-corrected chi connectivity index (χ0v) is 26.7. The van der Waals surface area contributed by atoms with Crippen LogP contribution in [0.2, 0.25) is 0 Å². The van der Waals surface area contributed by atoms with Crippen LogP contribution in [-0.4, -0.2) is 26.0 Å². The Morgan fingerprint density at radius 2 is 1.78 bits per heavy atom. The number of fused-ring (bicyclic) bond motifs is 1. The number of sulfone groups is 1. The number of anilines is 1. The van der Waals surface area contributed by atoms with Gasteiger partial charge in [-0.2, -0.15) is 0 Å². The van der Waals surface area contributed by atoms with Crippen molar-refractivity contribution >= 4 is 33.2 Å². The summed E-state index contributed by atoms with van der Waals surface area (Å²) < 4.78 is 25.2. The smallest absolute Gasteiger partial charge is 0.150 e. The monoisotopic (exact) mass is 571 g/mol. The van der Waals surface area contributed by atoms with Crippen molar-refractivity contribution in [3.8, 4) is 0 Å². The standard InChI is InChI=1S/C37H49NO2S/c1-7-14-35-32(24-34(8-2)41(6,39)40)21-19-26(3)28(5)37(35)38-33-22-20-27(4)36(25-33)31-18-11-9-10-15-29-16-12-13-17-30(29)23-31/h10,12-13,15-17,19-23,25-26,28,34,37-38H,7-9,11,14,18,24H2,1-6H3. The van der Waals surface area contributed by atoms with Gasteiger partial charge in [0.05, 0.1) is 11.3 Å². The number of nitrogens with one attached hydrogen (secondary N) is 1. The van der Waals surface area contributed by atoms with E-state index >= 15 is 0 Å². The van der Waals surface area contributed by atoms with Gasteiger partial charge in [-0.1, -0.05) is 94.8 Å². The molecule has 41 heavy (non-hydrogen) atoms. The average molecular weight is 572 g/mol. The van der Waals surface area contributed by atoms with Crippen LogP contribution in [0.1, 0.15) is 94.9 Å². The third-order valence-electron chi connectivity index (χ3n) is 9.12. The number of hydrogen-bond donors (Lipinski definition) is 1. The van der Waals surface area contributed by atoms with E-state index in [9.17, 15) is 8.42 Å². The largest absolute Gasteiger partial charge is 0.378 e. The van der Waals surface area contributed by atoms with Gasteiger partial charge in [0.1, 0.15) is 0 Å². The summed E-state index contributed by atoms with van der Waals surface area (Å²) in [4.78, 5) is 0. The Bertz CT molecular complexity index is 1440. The molecule has 4 rings (SSSR count). The van der Waals surface area contributed by atoms with Gasteiger partial charge in [-0.05, 0) is 108 Å². The highest BCUT2D eigenvalue weighted by atomic mass is 32.2. The minimum Gasteiger partial charge on any atom is -0.378 e. The predicted octanol–water partition coefficient (Wildman–Crippen LogP) is 9.67. The second kappa shape index (κ2) is 13.9. The van der Waals surface area contributed by atoms with Crippen molar-refractivity contribution in [3.05, 3.63) is 94.1 Å². The van der Waals surface area contributed by atoms with E-state index in [-0.39, 0.29) is 11.3 Å². The van der Waals surface area contributed by atoms with Gasteiger partial charge in [-0.25, -0.2) is 8.42 Å². The van der Waals surface area contributed by atoms with Gasteiger partial charge < -0.3 is 5.32 Å². The topological polar surface area (TPSA) is 46.2 Å². The van der Waals surface area contributed by atoms with Crippen molar-refractivity contribution in [2.75, 3.05) is 11.6 Å². The lowest BCUT2D eigenvalue weighted by molar-refractivity contribution is 0.420. The van der Waals surface area contributed by atoms with E-state index < -0.39 is 9.84 Å². The van der Waals surface area contributed by atoms with Crippen LogP contribution in [0.5, 0.6) is 0 Å². The molecule has 0 radical (unpaired) electrons. The molecule has 2 aliphatic carbocycles. The second-order valence-corrected chi connectivity index (χ2v) is 14.5. The van der Waals surface area contributed by atoms with Gasteiger partial charge >= 0.3 is 0 Å². The van der Waals surface area contributed by atoms with Gasteiger partial charge in [-0.15, -0.1) is 0 Å². The molecule has 0 spiro atoms. The van der Waals surface area contributed by atoms with Crippen molar-refractivity contribution < 1.29 is 8.42 Å². The average Bonchev–Trinajstić information content (AvgIpc) is 3.00. The fourth-order valence-electron chi connectivity index (χ4n) is 6.34. The summed E-state index contributed by atoms with van der Waals surface area (Å²) >= 11 is 0. The predicted molar refractivity (Wildman–Crippen MR) is 179 cm³/mol. The Balaban J connectivity index is 1.74. The minimum atomic E-state index is -3.12. The van der Waals surface area contributed by atoms with Gasteiger partial charge in [-0.3, -0.25) is 0 Å². The van der Waals surface area contributed by atoms with Crippen LogP contribution < -0.4 is 5.32 Å². The molecule has 0 bridgehead atoms. The highest BCUT2D eigenvalue weighted by Gasteiger charge is 2.30. The summed E-state index contributed by atoms with van der Waals surface area (Å²) in [5.74, 6) is 0.747. The third-order valence-corrected chi connectivity index (χ3v) is 10.8. The summed E-state index contributed by atoms with van der Waals surface area (Å²) in [6.45, 7) is 11.0. The highest BCUT2D eigenvalue weighted by molar-refractivity contribution is 7.91. The number of benzene rings is 2. The van der Waals surface area contributed by atoms with E-state index in [1.54, 1.807) is 0 Å². The maximum Gasteiger partial charge on any atom is 0.150 e. The summed E-state index contributed by atoms with van der Waals surface area (Å²) in [5, 5.41) is 3.63. The van der Waals surface area contributed by atoms with E-state index in [2.05, 4.69) is 106 Å². The summed E-state index contributed by atoms with van der Waals surface area (Å²) in [7, 11) is -3.12. The van der Waals surface area contributed by atoms with Crippen LogP contribution in [0.3, 0.4) is 0 Å². The lowest BCUT2D eigenvalue weighted by Gasteiger charge is -2.32. The molecule has 1 N–H and O–H groups in total. The summed E-state index contributed by atoms with van der Waals surface area (Å²) in [5.41, 5.74) is 10.2. The summed E-state index contributed by atoms with van der Waals surface area (Å²) in [6, 6.07) is 15.6. The van der Waals surface area contributed by atoms with Gasteiger partial charge in [0, 0.05) is 11.9 Å². The van der Waals surface area contributed by atoms with E-state index in [1.165, 1.54) is 45.2 Å². The Labute approximate surface area is 249 Å². The molecule has 0 saturated carbocycles. The molecule has 0 aliphatic heterocycles. The SMILES string of the molecule is CCCC1=C(CC(CC)S(C)(=O)=O)C=CC(C)C(C)C1Nc1ccc(C)c(C2=Cc3ccccc3C=CCCC2)c1. The molecule has 4 atom stereocenters. The first kappa shape index (κ1) is 31.1. The number of hydrogen-bond acceptors (Lipinski definition) is 3. The second-order valence-electron chi connectivity index (χ2n) is 12.2. The fraction of sp³-hybridized carbons (Fsp3) is 0.459. The molecule has 0 saturated heterocycles. The molecule has 0 heterocycles. The molecule has 0 fully saturated rings. The van der Waals surface area contributed by atoms with Crippen molar-refractivity contribution in [3.63, 3.8) is 0 Å². The Hall–Kier alpha value is -2.85.